The van der Waals surface area contributed by atoms with Gasteiger partial charge in [-0.1, -0.05) is 29.8 Å². The van der Waals surface area contributed by atoms with E-state index in [4.69, 9.17) is 11.6 Å². The summed E-state index contributed by atoms with van der Waals surface area (Å²) < 4.78 is 27.3. The molecule has 2 heterocycles. The van der Waals surface area contributed by atoms with Crippen molar-refractivity contribution in [2.24, 2.45) is 5.92 Å². The zero-order valence-electron chi connectivity index (χ0n) is 14.8. The van der Waals surface area contributed by atoms with E-state index in [1.807, 2.05) is 29.2 Å². The summed E-state index contributed by atoms with van der Waals surface area (Å²) in [6, 6.07) is 14.1. The fourth-order valence-electron chi connectivity index (χ4n) is 3.91. The number of fused-ring (bicyclic) bond motifs is 1. The maximum atomic E-state index is 13.1. The Kier molecular flexibility index (Phi) is 4.97. The van der Waals surface area contributed by atoms with Crippen LogP contribution >= 0.6 is 11.6 Å². The predicted molar refractivity (Wildman–Crippen MR) is 105 cm³/mol. The molecule has 0 unspecified atom stereocenters. The summed E-state index contributed by atoms with van der Waals surface area (Å²) in [4.78, 5) is 15.1. The number of hydrogen-bond donors (Lipinski definition) is 0. The van der Waals surface area contributed by atoms with Crippen LogP contribution in [-0.2, 0) is 21.2 Å². The molecule has 0 bridgehead atoms. The number of amides is 1. The van der Waals surface area contributed by atoms with Gasteiger partial charge in [-0.2, -0.15) is 4.31 Å². The number of para-hydroxylation sites is 1. The highest BCUT2D eigenvalue weighted by atomic mass is 35.5. The van der Waals surface area contributed by atoms with Gasteiger partial charge in [-0.3, -0.25) is 4.79 Å². The Hall–Kier alpha value is -1.89. The molecule has 2 aromatic rings. The molecule has 142 valence electrons. The van der Waals surface area contributed by atoms with E-state index >= 15 is 0 Å². The molecule has 0 radical (unpaired) electrons. The second kappa shape index (κ2) is 7.26. The van der Waals surface area contributed by atoms with E-state index in [9.17, 15) is 13.2 Å². The first-order chi connectivity index (χ1) is 13.0. The zero-order valence-corrected chi connectivity index (χ0v) is 16.4. The fourth-order valence-corrected chi connectivity index (χ4v) is 5.56. The first-order valence-electron chi connectivity index (χ1n) is 9.12. The summed E-state index contributed by atoms with van der Waals surface area (Å²) in [5.41, 5.74) is 2.13. The number of halogens is 1. The van der Waals surface area contributed by atoms with Crippen molar-refractivity contribution < 1.29 is 13.2 Å². The molecule has 5 nitrogen and oxygen atoms in total. The molecular weight excluding hydrogens is 384 g/mol. The van der Waals surface area contributed by atoms with Crippen molar-refractivity contribution in [2.45, 2.75) is 24.2 Å². The van der Waals surface area contributed by atoms with E-state index in [1.165, 1.54) is 22.0 Å². The molecular formula is C20H21ClN2O3S. The second-order valence-corrected chi connectivity index (χ2v) is 9.40. The third kappa shape index (κ3) is 3.49. The van der Waals surface area contributed by atoms with Crippen molar-refractivity contribution in [3.63, 3.8) is 0 Å². The van der Waals surface area contributed by atoms with Crippen LogP contribution < -0.4 is 4.90 Å². The molecule has 0 aliphatic carbocycles. The summed E-state index contributed by atoms with van der Waals surface area (Å²) in [6.07, 6.45) is 2.24. The van der Waals surface area contributed by atoms with Crippen molar-refractivity contribution in [1.29, 1.82) is 0 Å². The van der Waals surface area contributed by atoms with E-state index in [1.54, 1.807) is 12.1 Å². The van der Waals surface area contributed by atoms with E-state index in [0.29, 0.717) is 31.0 Å². The topological polar surface area (TPSA) is 57.7 Å². The predicted octanol–water partition coefficient (Wildman–Crippen LogP) is 3.33. The number of anilines is 1. The lowest BCUT2D eigenvalue weighted by atomic mass is 9.98. The average Bonchev–Trinajstić information content (AvgIpc) is 3.12. The van der Waals surface area contributed by atoms with Crippen molar-refractivity contribution >= 4 is 33.2 Å². The standard InChI is InChI=1S/C20H21ClN2O3S/c21-17-7-9-18(10-8-17)27(25,26)22-12-3-5-16(14-22)20(24)23-13-11-15-4-1-2-6-19(15)23/h1-2,4,6-10,16H,3,5,11-14H2/t16-/m1/s1. The minimum Gasteiger partial charge on any atom is -0.312 e. The van der Waals surface area contributed by atoms with E-state index in [0.717, 1.165) is 12.1 Å². The molecule has 0 aromatic heterocycles. The Morgan fingerprint density at radius 2 is 1.78 bits per heavy atom. The lowest BCUT2D eigenvalue weighted by Crippen LogP contribution is -2.46. The minimum absolute atomic E-state index is 0.0240. The Morgan fingerprint density at radius 1 is 1.04 bits per heavy atom. The maximum Gasteiger partial charge on any atom is 0.243 e. The summed E-state index contributed by atoms with van der Waals surface area (Å²) in [6.45, 7) is 1.33. The van der Waals surface area contributed by atoms with Crippen LogP contribution in [0.4, 0.5) is 5.69 Å². The highest BCUT2D eigenvalue weighted by molar-refractivity contribution is 7.89. The molecule has 2 aliphatic heterocycles. The zero-order chi connectivity index (χ0) is 19.0. The fraction of sp³-hybridized carbons (Fsp3) is 0.350. The molecule has 0 saturated carbocycles. The molecule has 2 aliphatic rings. The highest BCUT2D eigenvalue weighted by Gasteiger charge is 2.36. The van der Waals surface area contributed by atoms with Crippen LogP contribution in [-0.4, -0.2) is 38.3 Å². The first kappa shape index (κ1) is 18.5. The van der Waals surface area contributed by atoms with Crippen LogP contribution in [0.1, 0.15) is 18.4 Å². The largest absolute Gasteiger partial charge is 0.312 e. The number of rotatable bonds is 3. The number of benzene rings is 2. The van der Waals surface area contributed by atoms with Gasteiger partial charge in [-0.25, -0.2) is 8.42 Å². The van der Waals surface area contributed by atoms with Gasteiger partial charge < -0.3 is 4.90 Å². The summed E-state index contributed by atoms with van der Waals surface area (Å²) >= 11 is 5.87. The molecule has 1 atom stereocenters. The van der Waals surface area contributed by atoms with Crippen LogP contribution in [0.15, 0.2) is 53.4 Å². The highest BCUT2D eigenvalue weighted by Crippen LogP contribution is 2.32. The number of carbonyl (C=O) groups excluding carboxylic acids is 1. The summed E-state index contributed by atoms with van der Waals surface area (Å²) in [5.74, 6) is -0.289. The monoisotopic (exact) mass is 404 g/mol. The lowest BCUT2D eigenvalue weighted by Gasteiger charge is -2.33. The molecule has 1 saturated heterocycles. The van der Waals surface area contributed by atoms with Gasteiger partial charge in [0, 0.05) is 30.3 Å². The lowest BCUT2D eigenvalue weighted by molar-refractivity contribution is -0.123. The maximum absolute atomic E-state index is 13.1. The number of hydrogen-bond acceptors (Lipinski definition) is 3. The Balaban J connectivity index is 1.53. The molecule has 7 heteroatoms. The van der Waals surface area contributed by atoms with Crippen molar-refractivity contribution in [3.8, 4) is 0 Å². The van der Waals surface area contributed by atoms with Gasteiger partial charge in [-0.15, -0.1) is 0 Å². The third-order valence-electron chi connectivity index (χ3n) is 5.34. The molecule has 27 heavy (non-hydrogen) atoms. The van der Waals surface area contributed by atoms with Crippen molar-refractivity contribution in [2.75, 3.05) is 24.5 Å². The Morgan fingerprint density at radius 3 is 2.56 bits per heavy atom. The SMILES string of the molecule is O=C([C@@H]1CCCN(S(=O)(=O)c2ccc(Cl)cc2)C1)N1CCc2ccccc21. The minimum atomic E-state index is -3.63. The van der Waals surface area contributed by atoms with Crippen LogP contribution in [0.5, 0.6) is 0 Å². The van der Waals surface area contributed by atoms with Gasteiger partial charge >= 0.3 is 0 Å². The van der Waals surface area contributed by atoms with Crippen LogP contribution in [0.3, 0.4) is 0 Å². The van der Waals surface area contributed by atoms with E-state index in [-0.39, 0.29) is 23.3 Å². The molecule has 1 fully saturated rings. The quantitative estimate of drug-likeness (QED) is 0.788. The number of nitrogens with zero attached hydrogens (tertiary/aromatic N) is 2. The van der Waals surface area contributed by atoms with Crippen LogP contribution in [0, 0.1) is 5.92 Å². The molecule has 4 rings (SSSR count). The molecule has 2 aromatic carbocycles. The Bertz CT molecular complexity index is 959. The van der Waals surface area contributed by atoms with Crippen LogP contribution in [0.25, 0.3) is 0 Å². The van der Waals surface area contributed by atoms with Gasteiger partial charge in [0.1, 0.15) is 0 Å². The molecule has 0 N–H and O–H groups in total. The summed E-state index contributed by atoms with van der Waals surface area (Å²) in [7, 11) is -3.63. The van der Waals surface area contributed by atoms with Gasteiger partial charge in [-0.05, 0) is 55.2 Å². The van der Waals surface area contributed by atoms with Gasteiger partial charge in [0.15, 0.2) is 0 Å². The number of carbonyl (C=O) groups is 1. The normalized spacial score (nSPS) is 20.5. The smallest absolute Gasteiger partial charge is 0.243 e. The van der Waals surface area contributed by atoms with Crippen molar-refractivity contribution in [3.05, 3.63) is 59.1 Å². The molecule has 0 spiro atoms. The third-order valence-corrected chi connectivity index (χ3v) is 7.47. The van der Waals surface area contributed by atoms with Crippen LogP contribution in [0.2, 0.25) is 5.02 Å². The Labute approximate surface area is 164 Å². The number of piperidine rings is 1. The van der Waals surface area contributed by atoms with E-state index in [2.05, 4.69) is 0 Å². The number of sulfonamides is 1. The second-order valence-electron chi connectivity index (χ2n) is 7.02. The summed E-state index contributed by atoms with van der Waals surface area (Å²) in [5, 5.41) is 0.494. The average molecular weight is 405 g/mol. The van der Waals surface area contributed by atoms with Gasteiger partial charge in [0.25, 0.3) is 0 Å². The van der Waals surface area contributed by atoms with E-state index < -0.39 is 10.0 Å². The first-order valence-corrected chi connectivity index (χ1v) is 10.9. The molecule has 1 amide bonds. The van der Waals surface area contributed by atoms with Gasteiger partial charge in [0.2, 0.25) is 15.9 Å². The van der Waals surface area contributed by atoms with Gasteiger partial charge in [0.05, 0.1) is 10.8 Å². The van der Waals surface area contributed by atoms with Crippen molar-refractivity contribution in [1.82, 2.24) is 4.31 Å².